The van der Waals surface area contributed by atoms with Crippen molar-refractivity contribution < 1.29 is 13.6 Å². The van der Waals surface area contributed by atoms with Crippen LogP contribution in [0.3, 0.4) is 0 Å². The summed E-state index contributed by atoms with van der Waals surface area (Å²) in [7, 11) is 0. The quantitative estimate of drug-likeness (QED) is 0.849. The Bertz CT molecular complexity index is 456. The molecule has 92 valence electrons. The SMILES string of the molecule is CC(N)(C(=O)Nc1ccc(F)c(F)c1)C1CC1. The predicted octanol–water partition coefficient (Wildman–Crippen LogP) is 2.03. The minimum Gasteiger partial charge on any atom is -0.324 e. The van der Waals surface area contributed by atoms with E-state index < -0.39 is 17.2 Å². The molecule has 0 saturated heterocycles. The number of halogens is 2. The zero-order chi connectivity index (χ0) is 12.6. The van der Waals surface area contributed by atoms with Gasteiger partial charge in [-0.15, -0.1) is 0 Å². The van der Waals surface area contributed by atoms with E-state index in [1.165, 1.54) is 6.07 Å². The van der Waals surface area contributed by atoms with E-state index in [0.29, 0.717) is 0 Å². The smallest absolute Gasteiger partial charge is 0.244 e. The largest absolute Gasteiger partial charge is 0.324 e. The topological polar surface area (TPSA) is 55.1 Å². The Labute approximate surface area is 98.0 Å². The average molecular weight is 240 g/mol. The van der Waals surface area contributed by atoms with Crippen LogP contribution in [0, 0.1) is 17.6 Å². The maximum absolute atomic E-state index is 12.9. The Hall–Kier alpha value is -1.49. The molecule has 0 aromatic heterocycles. The zero-order valence-electron chi connectivity index (χ0n) is 9.47. The molecule has 1 aromatic rings. The summed E-state index contributed by atoms with van der Waals surface area (Å²) in [5, 5.41) is 2.50. The highest BCUT2D eigenvalue weighted by Crippen LogP contribution is 2.38. The van der Waals surface area contributed by atoms with Gasteiger partial charge in [0.1, 0.15) is 0 Å². The monoisotopic (exact) mass is 240 g/mol. The van der Waals surface area contributed by atoms with Crippen molar-refractivity contribution in [3.05, 3.63) is 29.8 Å². The third kappa shape index (κ3) is 2.44. The van der Waals surface area contributed by atoms with E-state index in [4.69, 9.17) is 5.73 Å². The van der Waals surface area contributed by atoms with Crippen LogP contribution in [0.4, 0.5) is 14.5 Å². The van der Waals surface area contributed by atoms with Crippen molar-refractivity contribution in [3.63, 3.8) is 0 Å². The molecular weight excluding hydrogens is 226 g/mol. The fraction of sp³-hybridized carbons (Fsp3) is 0.417. The van der Waals surface area contributed by atoms with Gasteiger partial charge in [-0.2, -0.15) is 0 Å². The van der Waals surface area contributed by atoms with Crippen LogP contribution in [0.5, 0.6) is 0 Å². The first-order valence-electron chi connectivity index (χ1n) is 5.46. The number of carbonyl (C=O) groups is 1. The van der Waals surface area contributed by atoms with Gasteiger partial charge in [-0.1, -0.05) is 0 Å². The number of hydrogen-bond donors (Lipinski definition) is 2. The number of amides is 1. The molecule has 3 nitrogen and oxygen atoms in total. The van der Waals surface area contributed by atoms with Crippen LogP contribution in [0.1, 0.15) is 19.8 Å². The van der Waals surface area contributed by atoms with Gasteiger partial charge in [-0.25, -0.2) is 8.78 Å². The Kier molecular flexibility index (Phi) is 2.87. The first-order chi connectivity index (χ1) is 7.91. The molecule has 3 N–H and O–H groups in total. The molecule has 1 aliphatic rings. The number of anilines is 1. The van der Waals surface area contributed by atoms with Gasteiger partial charge in [0.15, 0.2) is 11.6 Å². The van der Waals surface area contributed by atoms with Gasteiger partial charge >= 0.3 is 0 Å². The van der Waals surface area contributed by atoms with E-state index in [0.717, 1.165) is 25.0 Å². The van der Waals surface area contributed by atoms with Gasteiger partial charge in [0, 0.05) is 11.8 Å². The molecule has 1 fully saturated rings. The Balaban J connectivity index is 2.10. The zero-order valence-corrected chi connectivity index (χ0v) is 9.47. The van der Waals surface area contributed by atoms with E-state index in [9.17, 15) is 13.6 Å². The van der Waals surface area contributed by atoms with Crippen molar-refractivity contribution in [1.29, 1.82) is 0 Å². The molecule has 1 atom stereocenters. The summed E-state index contributed by atoms with van der Waals surface area (Å²) in [6.45, 7) is 1.65. The number of carbonyl (C=O) groups excluding carboxylic acids is 1. The molecule has 0 aliphatic heterocycles. The maximum Gasteiger partial charge on any atom is 0.244 e. The standard InChI is InChI=1S/C12H14F2N2O/c1-12(15,7-2-3-7)11(17)16-8-4-5-9(13)10(14)6-8/h4-7H,2-3,15H2,1H3,(H,16,17). The third-order valence-corrected chi connectivity index (χ3v) is 3.09. The van der Waals surface area contributed by atoms with Gasteiger partial charge in [0.2, 0.25) is 5.91 Å². The van der Waals surface area contributed by atoms with Crippen molar-refractivity contribution in [2.45, 2.75) is 25.3 Å². The molecule has 0 heterocycles. The van der Waals surface area contributed by atoms with Gasteiger partial charge in [0.05, 0.1) is 5.54 Å². The van der Waals surface area contributed by atoms with Gasteiger partial charge in [0.25, 0.3) is 0 Å². The molecular formula is C12H14F2N2O. The summed E-state index contributed by atoms with van der Waals surface area (Å²) in [6, 6.07) is 3.21. The second-order valence-corrected chi connectivity index (χ2v) is 4.64. The van der Waals surface area contributed by atoms with Crippen LogP contribution in [-0.2, 0) is 4.79 Å². The highest BCUT2D eigenvalue weighted by molar-refractivity contribution is 5.98. The van der Waals surface area contributed by atoms with E-state index in [1.807, 2.05) is 0 Å². The number of nitrogens with two attached hydrogens (primary N) is 1. The van der Waals surface area contributed by atoms with Crippen LogP contribution in [0.2, 0.25) is 0 Å². The summed E-state index contributed by atoms with van der Waals surface area (Å²) in [5.74, 6) is -2.13. The molecule has 0 bridgehead atoms. The highest BCUT2D eigenvalue weighted by atomic mass is 19.2. The summed E-state index contributed by atoms with van der Waals surface area (Å²) < 4.78 is 25.6. The first kappa shape index (κ1) is 12.0. The average Bonchev–Trinajstić information content (AvgIpc) is 3.07. The lowest BCUT2D eigenvalue weighted by Crippen LogP contribution is -2.50. The summed E-state index contributed by atoms with van der Waals surface area (Å²) >= 11 is 0. The maximum atomic E-state index is 12.9. The van der Waals surface area contributed by atoms with E-state index in [2.05, 4.69) is 5.32 Å². The lowest BCUT2D eigenvalue weighted by Gasteiger charge is -2.23. The molecule has 17 heavy (non-hydrogen) atoms. The predicted molar refractivity (Wildman–Crippen MR) is 60.3 cm³/mol. The lowest BCUT2D eigenvalue weighted by atomic mass is 9.96. The Morgan fingerprint density at radius 3 is 2.59 bits per heavy atom. The van der Waals surface area contributed by atoms with Crippen LogP contribution in [-0.4, -0.2) is 11.4 Å². The highest BCUT2D eigenvalue weighted by Gasteiger charge is 2.44. The third-order valence-electron chi connectivity index (χ3n) is 3.09. The van der Waals surface area contributed by atoms with E-state index in [1.54, 1.807) is 6.92 Å². The van der Waals surface area contributed by atoms with Crippen molar-refractivity contribution in [3.8, 4) is 0 Å². The van der Waals surface area contributed by atoms with Crippen molar-refractivity contribution in [1.82, 2.24) is 0 Å². The summed E-state index contributed by atoms with van der Waals surface area (Å²) in [4.78, 5) is 11.9. The lowest BCUT2D eigenvalue weighted by molar-refractivity contribution is -0.121. The van der Waals surface area contributed by atoms with Crippen LogP contribution >= 0.6 is 0 Å². The molecule has 1 amide bonds. The second kappa shape index (κ2) is 4.07. The summed E-state index contributed by atoms with van der Waals surface area (Å²) in [5.41, 5.74) is 5.16. The normalized spacial score (nSPS) is 18.6. The minimum absolute atomic E-state index is 0.174. The fourth-order valence-corrected chi connectivity index (χ4v) is 1.71. The van der Waals surface area contributed by atoms with Crippen molar-refractivity contribution >= 4 is 11.6 Å². The summed E-state index contributed by atoms with van der Waals surface area (Å²) in [6.07, 6.45) is 1.86. The molecule has 0 radical (unpaired) electrons. The Morgan fingerprint density at radius 1 is 1.41 bits per heavy atom. The molecule has 1 saturated carbocycles. The van der Waals surface area contributed by atoms with Crippen molar-refractivity contribution in [2.24, 2.45) is 11.7 Å². The van der Waals surface area contributed by atoms with E-state index in [-0.39, 0.29) is 17.5 Å². The number of nitrogens with one attached hydrogen (secondary N) is 1. The van der Waals surface area contributed by atoms with Gasteiger partial charge in [-0.3, -0.25) is 4.79 Å². The Morgan fingerprint density at radius 2 is 2.06 bits per heavy atom. The second-order valence-electron chi connectivity index (χ2n) is 4.64. The van der Waals surface area contributed by atoms with Gasteiger partial charge in [-0.05, 0) is 37.8 Å². The molecule has 0 spiro atoms. The molecule has 1 aromatic carbocycles. The van der Waals surface area contributed by atoms with Crippen LogP contribution < -0.4 is 11.1 Å². The van der Waals surface area contributed by atoms with Crippen LogP contribution in [0.25, 0.3) is 0 Å². The molecule has 1 aliphatic carbocycles. The molecule has 5 heteroatoms. The number of hydrogen-bond acceptors (Lipinski definition) is 2. The number of benzene rings is 1. The van der Waals surface area contributed by atoms with Crippen LogP contribution in [0.15, 0.2) is 18.2 Å². The fourth-order valence-electron chi connectivity index (χ4n) is 1.71. The number of rotatable bonds is 3. The van der Waals surface area contributed by atoms with E-state index >= 15 is 0 Å². The minimum atomic E-state index is -0.993. The van der Waals surface area contributed by atoms with Crippen molar-refractivity contribution in [2.75, 3.05) is 5.32 Å². The first-order valence-corrected chi connectivity index (χ1v) is 5.46. The molecule has 2 rings (SSSR count). The van der Waals surface area contributed by atoms with Gasteiger partial charge < -0.3 is 11.1 Å². The molecule has 1 unspecified atom stereocenters.